The Morgan fingerprint density at radius 3 is 2.86 bits per heavy atom. The van der Waals surface area contributed by atoms with E-state index in [1.165, 1.54) is 17.7 Å². The van der Waals surface area contributed by atoms with Crippen LogP contribution in [0.3, 0.4) is 0 Å². The first-order valence-electron chi connectivity index (χ1n) is 7.34. The van der Waals surface area contributed by atoms with E-state index >= 15 is 0 Å². The summed E-state index contributed by atoms with van der Waals surface area (Å²) in [4.78, 5) is 15.6. The fourth-order valence-electron chi connectivity index (χ4n) is 2.99. The van der Waals surface area contributed by atoms with Crippen molar-refractivity contribution in [3.63, 3.8) is 0 Å². The van der Waals surface area contributed by atoms with Crippen molar-refractivity contribution in [2.24, 2.45) is 11.7 Å². The Morgan fingerprint density at radius 1 is 1.55 bits per heavy atom. The number of likely N-dealkylation sites (tertiary alicyclic amines) is 1. The molecule has 0 radical (unpaired) electrons. The largest absolute Gasteiger partial charge is 0.356 e. The number of nitrogens with zero attached hydrogens (tertiary/aromatic N) is 1. The van der Waals surface area contributed by atoms with Gasteiger partial charge in [-0.2, -0.15) is 0 Å². The van der Waals surface area contributed by atoms with Crippen LogP contribution in [0.2, 0.25) is 0 Å². The molecule has 0 aliphatic carbocycles. The Morgan fingerprint density at radius 2 is 2.27 bits per heavy atom. The second kappa shape index (κ2) is 10.4. The number of thiophene rings is 1. The average molecular weight is 368 g/mol. The Kier molecular flexibility index (Phi) is 10.3. The van der Waals surface area contributed by atoms with Gasteiger partial charge in [-0.05, 0) is 50.7 Å². The smallest absolute Gasteiger partial charge is 0.221 e. The number of nitrogens with one attached hydrogen (secondary N) is 1. The number of rotatable bonds is 5. The lowest BCUT2D eigenvalue weighted by Crippen LogP contribution is -2.42. The molecule has 1 saturated heterocycles. The Labute approximate surface area is 149 Å². The predicted octanol–water partition coefficient (Wildman–Crippen LogP) is 2.83. The molecule has 128 valence electrons. The maximum absolute atomic E-state index is 11.8. The van der Waals surface area contributed by atoms with Gasteiger partial charge in [-0.25, -0.2) is 0 Å². The van der Waals surface area contributed by atoms with Gasteiger partial charge in [0, 0.05) is 29.9 Å². The monoisotopic (exact) mass is 367 g/mol. The number of carbonyl (C=O) groups excluding carboxylic acids is 1. The van der Waals surface area contributed by atoms with Crippen molar-refractivity contribution in [3.8, 4) is 0 Å². The topological polar surface area (TPSA) is 58.4 Å². The second-order valence-electron chi connectivity index (χ2n) is 5.83. The van der Waals surface area contributed by atoms with Gasteiger partial charge in [-0.1, -0.05) is 6.07 Å². The van der Waals surface area contributed by atoms with E-state index in [-0.39, 0.29) is 36.8 Å². The molecule has 2 rings (SSSR count). The maximum Gasteiger partial charge on any atom is 0.221 e. The highest BCUT2D eigenvalue weighted by atomic mass is 35.5. The normalized spacial score (nSPS) is 23.0. The maximum atomic E-state index is 11.8. The molecule has 0 saturated carbocycles. The van der Waals surface area contributed by atoms with E-state index < -0.39 is 0 Å². The van der Waals surface area contributed by atoms with Crippen LogP contribution in [0.5, 0.6) is 0 Å². The number of halogens is 2. The molecule has 7 heteroatoms. The van der Waals surface area contributed by atoms with Crippen LogP contribution >= 0.6 is 36.2 Å². The molecular weight excluding hydrogens is 341 g/mol. The average Bonchev–Trinajstić information content (AvgIpc) is 2.89. The highest BCUT2D eigenvalue weighted by Gasteiger charge is 2.31. The van der Waals surface area contributed by atoms with Gasteiger partial charge in [0.05, 0.1) is 0 Å². The molecule has 3 unspecified atom stereocenters. The summed E-state index contributed by atoms with van der Waals surface area (Å²) < 4.78 is 0. The molecule has 0 bridgehead atoms. The van der Waals surface area contributed by atoms with Crippen molar-refractivity contribution < 1.29 is 4.79 Å². The van der Waals surface area contributed by atoms with E-state index in [1.807, 2.05) is 18.3 Å². The molecule has 3 atom stereocenters. The van der Waals surface area contributed by atoms with E-state index in [0.29, 0.717) is 18.4 Å². The van der Waals surface area contributed by atoms with Crippen LogP contribution in [-0.4, -0.2) is 37.0 Å². The van der Waals surface area contributed by atoms with Gasteiger partial charge in [0.15, 0.2) is 0 Å². The third-order valence-corrected chi connectivity index (χ3v) is 4.85. The van der Waals surface area contributed by atoms with Crippen molar-refractivity contribution in [2.75, 3.05) is 20.1 Å². The lowest BCUT2D eigenvalue weighted by Gasteiger charge is -2.38. The first-order valence-corrected chi connectivity index (χ1v) is 8.22. The van der Waals surface area contributed by atoms with E-state index in [1.54, 1.807) is 0 Å². The third-order valence-electron chi connectivity index (χ3n) is 3.91. The van der Waals surface area contributed by atoms with Crippen molar-refractivity contribution in [1.82, 2.24) is 10.2 Å². The minimum atomic E-state index is -0.0721. The van der Waals surface area contributed by atoms with E-state index in [9.17, 15) is 4.79 Å². The van der Waals surface area contributed by atoms with Gasteiger partial charge in [-0.15, -0.1) is 36.2 Å². The first kappa shape index (κ1) is 21.7. The van der Waals surface area contributed by atoms with E-state index in [0.717, 1.165) is 13.1 Å². The van der Waals surface area contributed by atoms with Gasteiger partial charge in [0.1, 0.15) is 0 Å². The summed E-state index contributed by atoms with van der Waals surface area (Å²) in [6, 6.07) is 4.67. The standard InChI is InChI=1S/C15H25N3OS.2ClH/c1-11(16)9-14(19)17-10-12-5-3-7-18(2)15(12)13-6-4-8-20-13;;/h4,6,8,11-12,15H,3,5,7,9-10,16H2,1-2H3,(H,17,19);2*1H. The van der Waals surface area contributed by atoms with Crippen LogP contribution in [-0.2, 0) is 4.79 Å². The summed E-state index contributed by atoms with van der Waals surface area (Å²) in [5.41, 5.74) is 5.66. The van der Waals surface area contributed by atoms with Crippen LogP contribution < -0.4 is 11.1 Å². The quantitative estimate of drug-likeness (QED) is 0.840. The highest BCUT2D eigenvalue weighted by Crippen LogP contribution is 2.36. The predicted molar refractivity (Wildman–Crippen MR) is 98.2 cm³/mol. The van der Waals surface area contributed by atoms with E-state index in [2.05, 4.69) is 34.8 Å². The summed E-state index contributed by atoms with van der Waals surface area (Å²) in [6.45, 7) is 3.74. The lowest BCUT2D eigenvalue weighted by molar-refractivity contribution is -0.121. The molecule has 4 nitrogen and oxygen atoms in total. The fraction of sp³-hybridized carbons (Fsp3) is 0.667. The molecule has 2 heterocycles. The minimum Gasteiger partial charge on any atom is -0.356 e. The van der Waals surface area contributed by atoms with Gasteiger partial charge in [0.2, 0.25) is 5.91 Å². The Bertz CT molecular complexity index is 428. The van der Waals surface area contributed by atoms with Crippen LogP contribution in [0.1, 0.15) is 37.1 Å². The number of hydrogen-bond donors (Lipinski definition) is 2. The summed E-state index contributed by atoms with van der Waals surface area (Å²) in [6.07, 6.45) is 2.78. The number of piperidine rings is 1. The fourth-order valence-corrected chi connectivity index (χ4v) is 3.98. The summed E-state index contributed by atoms with van der Waals surface area (Å²) >= 11 is 1.81. The van der Waals surface area contributed by atoms with E-state index in [4.69, 9.17) is 5.73 Å². The van der Waals surface area contributed by atoms with Crippen LogP contribution in [0.15, 0.2) is 17.5 Å². The van der Waals surface area contributed by atoms with Gasteiger partial charge < -0.3 is 11.1 Å². The van der Waals surface area contributed by atoms with Gasteiger partial charge in [0.25, 0.3) is 0 Å². The molecule has 1 aliphatic heterocycles. The zero-order valence-electron chi connectivity index (χ0n) is 13.2. The molecule has 1 aromatic heterocycles. The summed E-state index contributed by atoms with van der Waals surface area (Å²) in [5.74, 6) is 0.558. The van der Waals surface area contributed by atoms with Crippen LogP contribution in [0.4, 0.5) is 0 Å². The Hall–Kier alpha value is -0.330. The summed E-state index contributed by atoms with van der Waals surface area (Å²) in [7, 11) is 2.18. The zero-order chi connectivity index (χ0) is 14.5. The molecule has 1 amide bonds. The van der Waals surface area contributed by atoms with Gasteiger partial charge >= 0.3 is 0 Å². The number of hydrogen-bond acceptors (Lipinski definition) is 4. The second-order valence-corrected chi connectivity index (χ2v) is 6.81. The van der Waals surface area contributed by atoms with Gasteiger partial charge in [-0.3, -0.25) is 9.69 Å². The molecular formula is C15H27Cl2N3OS. The number of carbonyl (C=O) groups is 1. The lowest BCUT2D eigenvalue weighted by atomic mass is 9.88. The zero-order valence-corrected chi connectivity index (χ0v) is 15.6. The molecule has 0 aromatic carbocycles. The van der Waals surface area contributed by atoms with Crippen LogP contribution in [0.25, 0.3) is 0 Å². The molecule has 3 N–H and O–H groups in total. The molecule has 1 aliphatic rings. The molecule has 1 fully saturated rings. The Balaban J connectivity index is 0.00000220. The highest BCUT2D eigenvalue weighted by molar-refractivity contribution is 7.10. The molecule has 0 spiro atoms. The van der Waals surface area contributed by atoms with Crippen molar-refractivity contribution in [2.45, 2.75) is 38.3 Å². The van der Waals surface area contributed by atoms with Crippen LogP contribution in [0, 0.1) is 5.92 Å². The SMILES string of the molecule is CC(N)CC(=O)NCC1CCCN(C)C1c1cccs1.Cl.Cl. The minimum absolute atomic E-state index is 0. The summed E-state index contributed by atoms with van der Waals surface area (Å²) in [5, 5.41) is 5.18. The van der Waals surface area contributed by atoms with Crippen molar-refractivity contribution in [1.29, 1.82) is 0 Å². The first-order chi connectivity index (χ1) is 9.58. The van der Waals surface area contributed by atoms with Crippen molar-refractivity contribution >= 4 is 42.1 Å². The third kappa shape index (κ3) is 6.05. The number of nitrogens with two attached hydrogens (primary N) is 1. The molecule has 1 aromatic rings. The molecule has 22 heavy (non-hydrogen) atoms. The number of amides is 1. The van der Waals surface area contributed by atoms with Crippen molar-refractivity contribution in [3.05, 3.63) is 22.4 Å².